The molecule has 8 nitrogen and oxygen atoms in total. The molecule has 216 valence electrons. The van der Waals surface area contributed by atoms with Gasteiger partial charge < -0.3 is 9.32 Å². The summed E-state index contributed by atoms with van der Waals surface area (Å²) in [6, 6.07) is 30.0. The van der Waals surface area contributed by atoms with Crippen molar-refractivity contribution in [3.8, 4) is 17.5 Å². The van der Waals surface area contributed by atoms with Gasteiger partial charge in [0.15, 0.2) is 0 Å². The normalized spacial score (nSPS) is 18.7. The van der Waals surface area contributed by atoms with E-state index in [-0.39, 0.29) is 16.6 Å². The lowest BCUT2D eigenvalue weighted by Gasteiger charge is -2.39. The van der Waals surface area contributed by atoms with Gasteiger partial charge in [0.25, 0.3) is 0 Å². The molecule has 2 saturated heterocycles. The second kappa shape index (κ2) is 12.1. The third-order valence-corrected chi connectivity index (χ3v) is 10.2. The molecule has 3 heterocycles. The molecule has 0 radical (unpaired) electrons. The minimum atomic E-state index is -3.55. The highest BCUT2D eigenvalue weighted by Gasteiger charge is 2.31. The minimum absolute atomic E-state index is 0.137. The van der Waals surface area contributed by atoms with Gasteiger partial charge in [0.05, 0.1) is 10.9 Å². The van der Waals surface area contributed by atoms with Crippen LogP contribution >= 0.6 is 0 Å². The SMILES string of the molecule is C[C@@H]1CCCN(S(=O)(=O)c2ccc(-c3nc(C#N)c(N4CCN(C(c5ccccc5)c5ccccc5)CC4)o3)cc2)C1. The Labute approximate surface area is 247 Å². The summed E-state index contributed by atoms with van der Waals surface area (Å²) in [5.41, 5.74) is 3.37. The second-order valence-corrected chi connectivity index (χ2v) is 13.1. The summed E-state index contributed by atoms with van der Waals surface area (Å²) in [5.74, 6) is 1.13. The molecule has 1 aromatic heterocycles. The first-order valence-corrected chi connectivity index (χ1v) is 16.0. The van der Waals surface area contributed by atoms with Crippen molar-refractivity contribution in [2.24, 2.45) is 5.92 Å². The lowest BCUT2D eigenvalue weighted by atomic mass is 9.96. The molecule has 0 amide bonds. The number of hydrogen-bond acceptors (Lipinski definition) is 7. The maximum absolute atomic E-state index is 13.2. The van der Waals surface area contributed by atoms with Gasteiger partial charge in [-0.2, -0.15) is 14.6 Å². The van der Waals surface area contributed by atoms with Gasteiger partial charge in [-0.1, -0.05) is 67.6 Å². The number of nitriles is 1. The maximum Gasteiger partial charge on any atom is 0.243 e. The van der Waals surface area contributed by atoms with Crippen LogP contribution in [-0.2, 0) is 10.0 Å². The molecule has 2 aliphatic rings. The van der Waals surface area contributed by atoms with Crippen molar-refractivity contribution in [1.82, 2.24) is 14.2 Å². The first kappa shape index (κ1) is 28.2. The van der Waals surface area contributed by atoms with Gasteiger partial charge >= 0.3 is 0 Å². The maximum atomic E-state index is 13.2. The third kappa shape index (κ3) is 5.71. The van der Waals surface area contributed by atoms with E-state index in [1.807, 2.05) is 12.1 Å². The third-order valence-electron chi connectivity index (χ3n) is 8.27. The van der Waals surface area contributed by atoms with Crippen LogP contribution in [0.2, 0.25) is 0 Å². The van der Waals surface area contributed by atoms with E-state index in [1.54, 1.807) is 28.6 Å². The molecule has 4 aromatic rings. The fourth-order valence-electron chi connectivity index (χ4n) is 6.07. The smallest absolute Gasteiger partial charge is 0.243 e. The Hall–Kier alpha value is -3.97. The van der Waals surface area contributed by atoms with E-state index < -0.39 is 10.0 Å². The molecular weight excluding hydrogens is 546 g/mol. The lowest BCUT2D eigenvalue weighted by Crippen LogP contribution is -2.48. The quantitative estimate of drug-likeness (QED) is 0.283. The Balaban J connectivity index is 1.18. The predicted octanol–water partition coefficient (Wildman–Crippen LogP) is 5.55. The van der Waals surface area contributed by atoms with Crippen molar-refractivity contribution >= 4 is 15.9 Å². The highest BCUT2D eigenvalue weighted by molar-refractivity contribution is 7.89. The molecule has 0 saturated carbocycles. The van der Waals surface area contributed by atoms with Gasteiger partial charge in [-0.25, -0.2) is 8.42 Å². The summed E-state index contributed by atoms with van der Waals surface area (Å²) in [6.07, 6.45) is 1.93. The average Bonchev–Trinajstić information content (AvgIpc) is 3.47. The summed E-state index contributed by atoms with van der Waals surface area (Å²) in [4.78, 5) is 9.27. The van der Waals surface area contributed by atoms with E-state index in [4.69, 9.17) is 4.42 Å². The molecule has 6 rings (SSSR count). The van der Waals surface area contributed by atoms with Gasteiger partial charge in [0.1, 0.15) is 6.07 Å². The average molecular weight is 582 g/mol. The van der Waals surface area contributed by atoms with Gasteiger partial charge in [0, 0.05) is 44.8 Å². The van der Waals surface area contributed by atoms with Crippen molar-refractivity contribution in [3.63, 3.8) is 0 Å². The number of anilines is 1. The fourth-order valence-corrected chi connectivity index (χ4v) is 7.67. The monoisotopic (exact) mass is 581 g/mol. The largest absolute Gasteiger partial charge is 0.419 e. The number of rotatable bonds is 7. The molecule has 0 N–H and O–H groups in total. The Morgan fingerprint density at radius 2 is 1.50 bits per heavy atom. The second-order valence-electron chi connectivity index (χ2n) is 11.2. The van der Waals surface area contributed by atoms with E-state index in [0.717, 1.165) is 25.9 Å². The van der Waals surface area contributed by atoms with E-state index >= 15 is 0 Å². The summed E-state index contributed by atoms with van der Waals surface area (Å²) in [5, 5.41) is 9.87. The zero-order valence-electron chi connectivity index (χ0n) is 23.8. The van der Waals surface area contributed by atoms with Crippen molar-refractivity contribution < 1.29 is 12.8 Å². The molecule has 0 aliphatic carbocycles. The molecule has 1 atom stereocenters. The van der Waals surface area contributed by atoms with Crippen molar-refractivity contribution in [3.05, 3.63) is 102 Å². The van der Waals surface area contributed by atoms with Gasteiger partial charge in [0.2, 0.25) is 27.5 Å². The van der Waals surface area contributed by atoms with Crippen LogP contribution in [0.15, 0.2) is 94.2 Å². The predicted molar refractivity (Wildman–Crippen MR) is 162 cm³/mol. The van der Waals surface area contributed by atoms with E-state index in [2.05, 4.69) is 76.3 Å². The highest BCUT2D eigenvalue weighted by Crippen LogP contribution is 2.33. The highest BCUT2D eigenvalue weighted by atomic mass is 32.2. The number of hydrogen-bond donors (Lipinski definition) is 0. The van der Waals surface area contributed by atoms with E-state index in [9.17, 15) is 13.7 Å². The molecule has 9 heteroatoms. The number of piperidine rings is 1. The molecule has 3 aromatic carbocycles. The molecular formula is C33H35N5O3S. The van der Waals surface area contributed by atoms with Crippen LogP contribution in [0.3, 0.4) is 0 Å². The van der Waals surface area contributed by atoms with Crippen LogP contribution < -0.4 is 4.90 Å². The minimum Gasteiger partial charge on any atom is -0.419 e. The Bertz CT molecular complexity index is 1600. The van der Waals surface area contributed by atoms with Crippen molar-refractivity contribution in [2.75, 3.05) is 44.2 Å². The van der Waals surface area contributed by atoms with Crippen LogP contribution in [0.5, 0.6) is 0 Å². The molecule has 0 spiro atoms. The van der Waals surface area contributed by atoms with Gasteiger partial charge in [-0.15, -0.1) is 0 Å². The number of oxazole rings is 1. The number of sulfonamides is 1. The van der Waals surface area contributed by atoms with Crippen LogP contribution in [0.4, 0.5) is 5.88 Å². The summed E-state index contributed by atoms with van der Waals surface area (Å²) in [7, 11) is -3.55. The van der Waals surface area contributed by atoms with Gasteiger partial charge in [-0.05, 0) is 54.2 Å². The molecule has 2 aliphatic heterocycles. The lowest BCUT2D eigenvalue weighted by molar-refractivity contribution is 0.209. The number of nitrogens with zero attached hydrogens (tertiary/aromatic N) is 5. The Kier molecular flexibility index (Phi) is 8.11. The number of aromatic nitrogens is 1. The Morgan fingerprint density at radius 3 is 2.07 bits per heavy atom. The zero-order chi connectivity index (χ0) is 29.1. The first-order valence-electron chi connectivity index (χ1n) is 14.5. The fraction of sp³-hybridized carbons (Fsp3) is 0.333. The number of piperazine rings is 1. The van der Waals surface area contributed by atoms with E-state index in [0.29, 0.717) is 49.4 Å². The van der Waals surface area contributed by atoms with Crippen molar-refractivity contribution in [1.29, 1.82) is 5.26 Å². The molecule has 42 heavy (non-hydrogen) atoms. The standard InChI is InChI=1S/C33H35N5O3S/c1-25-9-8-18-38(24-25)42(39,40)29-16-14-28(15-17-29)32-35-30(23-34)33(41-32)37-21-19-36(20-22-37)31(26-10-4-2-5-11-26)27-12-6-3-7-13-27/h2-7,10-17,25,31H,8-9,18-22,24H2,1H3/t25-/m1/s1. The van der Waals surface area contributed by atoms with Crippen LogP contribution in [0.25, 0.3) is 11.5 Å². The molecule has 2 fully saturated rings. The van der Waals surface area contributed by atoms with Crippen LogP contribution in [-0.4, -0.2) is 61.9 Å². The molecule has 0 unspecified atom stereocenters. The zero-order valence-corrected chi connectivity index (χ0v) is 24.6. The summed E-state index contributed by atoms with van der Waals surface area (Å²) < 4.78 is 34.1. The summed E-state index contributed by atoms with van der Waals surface area (Å²) in [6.45, 7) is 6.13. The van der Waals surface area contributed by atoms with Crippen LogP contribution in [0.1, 0.15) is 42.6 Å². The number of benzene rings is 3. The Morgan fingerprint density at radius 1 is 0.881 bits per heavy atom. The van der Waals surface area contributed by atoms with E-state index in [1.165, 1.54) is 11.1 Å². The van der Waals surface area contributed by atoms with Crippen LogP contribution in [0, 0.1) is 17.2 Å². The first-order chi connectivity index (χ1) is 20.4. The topological polar surface area (TPSA) is 93.7 Å². The van der Waals surface area contributed by atoms with Gasteiger partial charge in [-0.3, -0.25) is 4.90 Å². The molecule has 0 bridgehead atoms. The van der Waals surface area contributed by atoms with Crippen molar-refractivity contribution in [2.45, 2.75) is 30.7 Å². The summed E-state index contributed by atoms with van der Waals surface area (Å²) >= 11 is 0.